The van der Waals surface area contributed by atoms with E-state index < -0.39 is 9.05 Å². The van der Waals surface area contributed by atoms with Crippen molar-refractivity contribution in [1.29, 1.82) is 0 Å². The van der Waals surface area contributed by atoms with Gasteiger partial charge in [0, 0.05) is 34.4 Å². The van der Waals surface area contributed by atoms with Gasteiger partial charge in [0.05, 0.1) is 11.0 Å². The van der Waals surface area contributed by atoms with Crippen LogP contribution in [0.15, 0.2) is 21.5 Å². The molecule has 0 aliphatic carbocycles. The van der Waals surface area contributed by atoms with E-state index in [1.54, 1.807) is 13.2 Å². The summed E-state index contributed by atoms with van der Waals surface area (Å²) >= 11 is 3.17. The van der Waals surface area contributed by atoms with E-state index in [-0.39, 0.29) is 22.5 Å². The maximum Gasteiger partial charge on any atom is 0.261 e. The summed E-state index contributed by atoms with van der Waals surface area (Å²) in [6.45, 7) is 3.67. The Labute approximate surface area is 131 Å². The molecule has 8 heteroatoms. The van der Waals surface area contributed by atoms with Crippen LogP contribution in [0.5, 0.6) is 0 Å². The number of hydrogen-bond acceptors (Lipinski definition) is 4. The number of ether oxygens (including phenoxy) is 1. The highest BCUT2D eigenvalue weighted by Crippen LogP contribution is 2.27. The zero-order valence-electron chi connectivity index (χ0n) is 11.2. The van der Waals surface area contributed by atoms with Gasteiger partial charge in [0.2, 0.25) is 0 Å². The van der Waals surface area contributed by atoms with E-state index in [4.69, 9.17) is 15.4 Å². The third-order valence-electron chi connectivity index (χ3n) is 2.78. The number of carbonyl (C=O) groups is 1. The normalized spacial score (nSPS) is 13.1. The fourth-order valence-corrected chi connectivity index (χ4v) is 3.39. The van der Waals surface area contributed by atoms with Gasteiger partial charge in [-0.25, -0.2) is 8.42 Å². The van der Waals surface area contributed by atoms with Gasteiger partial charge in [-0.05, 0) is 31.5 Å². The second-order valence-electron chi connectivity index (χ2n) is 4.27. The number of nitrogens with one attached hydrogen (secondary N) is 1. The molecule has 5 nitrogen and oxygen atoms in total. The van der Waals surface area contributed by atoms with Crippen molar-refractivity contribution in [3.63, 3.8) is 0 Å². The molecular formula is C12H15BrClNO4S. The van der Waals surface area contributed by atoms with Crippen LogP contribution >= 0.6 is 26.6 Å². The van der Waals surface area contributed by atoms with Crippen LogP contribution in [0.3, 0.4) is 0 Å². The molecule has 0 saturated heterocycles. The fourth-order valence-electron chi connectivity index (χ4n) is 1.56. The van der Waals surface area contributed by atoms with E-state index in [2.05, 4.69) is 21.2 Å². The van der Waals surface area contributed by atoms with Crippen LogP contribution in [-0.4, -0.2) is 34.1 Å². The molecule has 0 heterocycles. The summed E-state index contributed by atoms with van der Waals surface area (Å²) in [5, 5.41) is 2.67. The summed E-state index contributed by atoms with van der Waals surface area (Å²) in [7, 11) is 2.99. The second kappa shape index (κ2) is 6.89. The van der Waals surface area contributed by atoms with Gasteiger partial charge >= 0.3 is 0 Å². The Morgan fingerprint density at radius 2 is 2.10 bits per heavy atom. The van der Waals surface area contributed by atoms with E-state index in [1.165, 1.54) is 13.0 Å². The minimum absolute atomic E-state index is 0.0847. The molecule has 0 spiro atoms. The van der Waals surface area contributed by atoms with E-state index in [0.717, 1.165) is 0 Å². The number of methoxy groups -OCH3 is 1. The Morgan fingerprint density at radius 3 is 2.60 bits per heavy atom. The quantitative estimate of drug-likeness (QED) is 0.792. The number of rotatable bonds is 5. The van der Waals surface area contributed by atoms with Crippen LogP contribution < -0.4 is 5.32 Å². The van der Waals surface area contributed by atoms with E-state index >= 15 is 0 Å². The van der Waals surface area contributed by atoms with Crippen LogP contribution in [-0.2, 0) is 13.8 Å². The minimum Gasteiger partial charge on any atom is -0.380 e. The van der Waals surface area contributed by atoms with Gasteiger partial charge in [0.1, 0.15) is 0 Å². The molecule has 0 bridgehead atoms. The number of amides is 1. The van der Waals surface area contributed by atoms with Gasteiger partial charge in [-0.15, -0.1) is 0 Å². The van der Waals surface area contributed by atoms with Crippen LogP contribution in [0, 0.1) is 6.92 Å². The molecule has 1 unspecified atom stereocenters. The molecule has 0 aliphatic rings. The SMILES string of the molecule is COC(C)CNC(=O)c1cc(Br)cc(S(=O)(=O)Cl)c1C. The third-order valence-corrected chi connectivity index (χ3v) is 4.69. The van der Waals surface area contributed by atoms with Crippen LogP contribution in [0.2, 0.25) is 0 Å². The smallest absolute Gasteiger partial charge is 0.261 e. The molecule has 0 radical (unpaired) electrons. The lowest BCUT2D eigenvalue weighted by Gasteiger charge is -2.13. The van der Waals surface area contributed by atoms with Crippen molar-refractivity contribution in [2.75, 3.05) is 13.7 Å². The first-order chi connectivity index (χ1) is 9.16. The molecule has 0 fully saturated rings. The summed E-state index contributed by atoms with van der Waals surface area (Å²) in [6, 6.07) is 2.92. The zero-order chi connectivity index (χ0) is 15.5. The Bertz CT molecular complexity index is 618. The first-order valence-electron chi connectivity index (χ1n) is 5.72. The van der Waals surface area contributed by atoms with E-state index in [1.807, 2.05) is 6.92 Å². The highest BCUT2D eigenvalue weighted by molar-refractivity contribution is 9.10. The molecule has 1 atom stereocenters. The van der Waals surface area contributed by atoms with Gasteiger partial charge in [0.15, 0.2) is 0 Å². The van der Waals surface area contributed by atoms with Crippen molar-refractivity contribution in [3.05, 3.63) is 27.7 Å². The molecule has 112 valence electrons. The topological polar surface area (TPSA) is 72.5 Å². The maximum absolute atomic E-state index is 12.1. The number of benzene rings is 1. The predicted octanol–water partition coefficient (Wildman–Crippen LogP) is 2.45. The van der Waals surface area contributed by atoms with Crippen LogP contribution in [0.1, 0.15) is 22.8 Å². The standard InChI is InChI=1S/C12H15BrClNO4S/c1-7(19-3)6-15-12(16)10-4-9(13)5-11(8(10)2)20(14,17)18/h4-5,7H,6H2,1-3H3,(H,15,16). The molecule has 1 N–H and O–H groups in total. The highest BCUT2D eigenvalue weighted by atomic mass is 79.9. The summed E-state index contributed by atoms with van der Waals surface area (Å²) < 4.78 is 28.5. The Kier molecular flexibility index (Phi) is 6.00. The third kappa shape index (κ3) is 4.44. The van der Waals surface area contributed by atoms with Crippen molar-refractivity contribution in [2.45, 2.75) is 24.8 Å². The Hall–Kier alpha value is -0.630. The zero-order valence-corrected chi connectivity index (χ0v) is 14.4. The molecule has 1 rings (SSSR count). The largest absolute Gasteiger partial charge is 0.380 e. The van der Waals surface area contributed by atoms with Gasteiger partial charge in [0.25, 0.3) is 15.0 Å². The van der Waals surface area contributed by atoms with Crippen molar-refractivity contribution in [2.24, 2.45) is 0 Å². The lowest BCUT2D eigenvalue weighted by Crippen LogP contribution is -2.32. The molecule has 1 aromatic carbocycles. The fraction of sp³-hybridized carbons (Fsp3) is 0.417. The van der Waals surface area contributed by atoms with Gasteiger partial charge in [-0.3, -0.25) is 4.79 Å². The van der Waals surface area contributed by atoms with Crippen molar-refractivity contribution >= 4 is 41.6 Å². The predicted molar refractivity (Wildman–Crippen MR) is 80.7 cm³/mol. The van der Waals surface area contributed by atoms with Crippen LogP contribution in [0.4, 0.5) is 0 Å². The molecule has 0 aliphatic heterocycles. The molecular weight excluding hydrogens is 370 g/mol. The minimum atomic E-state index is -3.91. The van der Waals surface area contributed by atoms with Crippen LogP contribution in [0.25, 0.3) is 0 Å². The van der Waals surface area contributed by atoms with E-state index in [9.17, 15) is 13.2 Å². The van der Waals surface area contributed by atoms with Crippen molar-refractivity contribution in [1.82, 2.24) is 5.32 Å². The van der Waals surface area contributed by atoms with Crippen molar-refractivity contribution < 1.29 is 17.9 Å². The molecule has 0 saturated carbocycles. The molecule has 20 heavy (non-hydrogen) atoms. The monoisotopic (exact) mass is 383 g/mol. The lowest BCUT2D eigenvalue weighted by atomic mass is 10.1. The second-order valence-corrected chi connectivity index (χ2v) is 7.72. The number of halogens is 2. The molecule has 1 amide bonds. The maximum atomic E-state index is 12.1. The summed E-state index contributed by atoms with van der Waals surface area (Å²) in [6.07, 6.45) is -0.136. The first kappa shape index (κ1) is 17.4. The van der Waals surface area contributed by atoms with Gasteiger partial charge < -0.3 is 10.1 Å². The average Bonchev–Trinajstić information content (AvgIpc) is 2.36. The van der Waals surface area contributed by atoms with E-state index in [0.29, 0.717) is 16.6 Å². The number of carbonyl (C=O) groups excluding carboxylic acids is 1. The van der Waals surface area contributed by atoms with Crippen molar-refractivity contribution in [3.8, 4) is 0 Å². The Balaban J connectivity index is 3.13. The summed E-state index contributed by atoms with van der Waals surface area (Å²) in [4.78, 5) is 12.0. The lowest BCUT2D eigenvalue weighted by molar-refractivity contribution is 0.0869. The molecule has 1 aromatic rings. The van der Waals surface area contributed by atoms with Gasteiger partial charge in [-0.1, -0.05) is 15.9 Å². The highest BCUT2D eigenvalue weighted by Gasteiger charge is 2.20. The van der Waals surface area contributed by atoms with Gasteiger partial charge in [-0.2, -0.15) is 0 Å². The Morgan fingerprint density at radius 1 is 1.50 bits per heavy atom. The number of hydrogen-bond donors (Lipinski definition) is 1. The summed E-state index contributed by atoms with van der Waals surface area (Å²) in [5.74, 6) is -0.380. The molecule has 0 aromatic heterocycles. The average molecular weight is 385 g/mol. The first-order valence-corrected chi connectivity index (χ1v) is 8.83. The summed E-state index contributed by atoms with van der Waals surface area (Å²) in [5.41, 5.74) is 0.563.